The highest BCUT2D eigenvalue weighted by Gasteiger charge is 2.31. The normalized spacial score (nSPS) is 18.9. The van der Waals surface area contributed by atoms with E-state index in [1.807, 2.05) is 6.92 Å². The van der Waals surface area contributed by atoms with E-state index < -0.39 is 5.97 Å². The molecule has 1 heterocycles. The zero-order valence-electron chi connectivity index (χ0n) is 9.81. The van der Waals surface area contributed by atoms with Crippen LogP contribution in [-0.2, 0) is 4.79 Å². The number of amides is 2. The summed E-state index contributed by atoms with van der Waals surface area (Å²) < 4.78 is 0. The number of aliphatic carboxylic acids is 1. The van der Waals surface area contributed by atoms with Crippen LogP contribution in [0.4, 0.5) is 10.5 Å². The van der Waals surface area contributed by atoms with Gasteiger partial charge in [-0.15, -0.1) is 0 Å². The van der Waals surface area contributed by atoms with Gasteiger partial charge in [-0.1, -0.05) is 11.6 Å². The molecule has 1 atom stereocenters. The lowest BCUT2D eigenvalue weighted by Gasteiger charge is -2.17. The SMILES string of the molecule is Cc1cc(Cl)ccc1N1CC(CC(=O)O)NC1=O. The molecule has 1 aromatic carbocycles. The lowest BCUT2D eigenvalue weighted by atomic mass is 10.1. The fourth-order valence-electron chi connectivity index (χ4n) is 2.06. The van der Waals surface area contributed by atoms with Crippen molar-refractivity contribution in [2.24, 2.45) is 0 Å². The molecule has 1 aliphatic heterocycles. The number of hydrogen-bond acceptors (Lipinski definition) is 2. The van der Waals surface area contributed by atoms with E-state index in [1.54, 1.807) is 23.1 Å². The standard InChI is InChI=1S/C12H13ClN2O3/c1-7-4-8(13)2-3-10(7)15-6-9(5-11(16)17)14-12(15)18/h2-4,9H,5-6H2,1H3,(H,14,18)(H,16,17). The van der Waals surface area contributed by atoms with Crippen LogP contribution in [0, 0.1) is 6.92 Å². The second kappa shape index (κ2) is 4.86. The molecule has 96 valence electrons. The lowest BCUT2D eigenvalue weighted by Crippen LogP contribution is -2.29. The molecule has 1 saturated heterocycles. The molecule has 0 aliphatic carbocycles. The maximum absolute atomic E-state index is 11.8. The number of rotatable bonds is 3. The molecule has 1 aromatic rings. The van der Waals surface area contributed by atoms with Crippen LogP contribution >= 0.6 is 11.6 Å². The highest BCUT2D eigenvalue weighted by molar-refractivity contribution is 6.30. The summed E-state index contributed by atoms with van der Waals surface area (Å²) in [6, 6.07) is 4.62. The smallest absolute Gasteiger partial charge is 0.322 e. The number of halogens is 1. The van der Waals surface area contributed by atoms with Crippen molar-refractivity contribution < 1.29 is 14.7 Å². The molecule has 0 aromatic heterocycles. The topological polar surface area (TPSA) is 69.6 Å². The predicted octanol–water partition coefficient (Wildman–Crippen LogP) is 2.02. The lowest BCUT2D eigenvalue weighted by molar-refractivity contribution is -0.137. The summed E-state index contributed by atoms with van der Waals surface area (Å²) in [5, 5.41) is 12.0. The largest absolute Gasteiger partial charge is 0.481 e. The Hall–Kier alpha value is -1.75. The van der Waals surface area contributed by atoms with Crippen LogP contribution in [0.15, 0.2) is 18.2 Å². The highest BCUT2D eigenvalue weighted by atomic mass is 35.5. The molecule has 2 amide bonds. The van der Waals surface area contributed by atoms with Crippen molar-refractivity contribution in [2.75, 3.05) is 11.4 Å². The monoisotopic (exact) mass is 268 g/mol. The molecule has 1 unspecified atom stereocenters. The van der Waals surface area contributed by atoms with Gasteiger partial charge in [0.05, 0.1) is 12.5 Å². The van der Waals surface area contributed by atoms with Crippen LogP contribution in [0.1, 0.15) is 12.0 Å². The Morgan fingerprint density at radius 2 is 2.33 bits per heavy atom. The van der Waals surface area contributed by atoms with Gasteiger partial charge >= 0.3 is 12.0 Å². The van der Waals surface area contributed by atoms with Crippen LogP contribution in [0.2, 0.25) is 5.02 Å². The Morgan fingerprint density at radius 1 is 1.61 bits per heavy atom. The zero-order valence-corrected chi connectivity index (χ0v) is 10.6. The van der Waals surface area contributed by atoms with Gasteiger partial charge < -0.3 is 10.4 Å². The number of carbonyl (C=O) groups excluding carboxylic acids is 1. The number of carboxylic acid groups (broad SMARTS) is 1. The number of hydrogen-bond donors (Lipinski definition) is 2. The first-order valence-electron chi connectivity index (χ1n) is 5.53. The Bertz CT molecular complexity index is 504. The van der Waals surface area contributed by atoms with Crippen molar-refractivity contribution in [3.05, 3.63) is 28.8 Å². The van der Waals surface area contributed by atoms with Crippen LogP contribution in [-0.4, -0.2) is 29.7 Å². The number of benzene rings is 1. The van der Waals surface area contributed by atoms with E-state index >= 15 is 0 Å². The number of carbonyl (C=O) groups is 2. The van der Waals surface area contributed by atoms with Crippen LogP contribution in [0.5, 0.6) is 0 Å². The third-order valence-electron chi connectivity index (χ3n) is 2.85. The summed E-state index contributed by atoms with van der Waals surface area (Å²) in [5.41, 5.74) is 1.64. The first kappa shape index (κ1) is 12.7. The maximum atomic E-state index is 11.8. The number of urea groups is 1. The van der Waals surface area contributed by atoms with Gasteiger partial charge in [-0.05, 0) is 30.7 Å². The summed E-state index contributed by atoms with van der Waals surface area (Å²) >= 11 is 5.86. The van der Waals surface area contributed by atoms with Gasteiger partial charge in [0.25, 0.3) is 0 Å². The first-order chi connectivity index (χ1) is 8.47. The molecule has 0 radical (unpaired) electrons. The fraction of sp³-hybridized carbons (Fsp3) is 0.333. The van der Waals surface area contributed by atoms with Gasteiger partial charge in [0.1, 0.15) is 0 Å². The van der Waals surface area contributed by atoms with E-state index in [0.29, 0.717) is 11.6 Å². The average molecular weight is 269 g/mol. The Labute approximate surface area is 109 Å². The highest BCUT2D eigenvalue weighted by Crippen LogP contribution is 2.26. The summed E-state index contributed by atoms with van der Waals surface area (Å²) in [7, 11) is 0. The van der Waals surface area contributed by atoms with Crippen LogP contribution in [0.25, 0.3) is 0 Å². The predicted molar refractivity (Wildman–Crippen MR) is 68.1 cm³/mol. The van der Waals surface area contributed by atoms with Crippen LogP contribution in [0.3, 0.4) is 0 Å². The third kappa shape index (κ3) is 2.56. The maximum Gasteiger partial charge on any atom is 0.322 e. The second-order valence-corrected chi connectivity index (χ2v) is 4.72. The van der Waals surface area contributed by atoms with Gasteiger partial charge in [0, 0.05) is 17.3 Å². The minimum Gasteiger partial charge on any atom is -0.481 e. The zero-order chi connectivity index (χ0) is 13.3. The molecule has 0 bridgehead atoms. The quantitative estimate of drug-likeness (QED) is 0.881. The molecular weight excluding hydrogens is 256 g/mol. The van der Waals surface area contributed by atoms with E-state index in [4.69, 9.17) is 16.7 Å². The van der Waals surface area contributed by atoms with Crippen molar-refractivity contribution in [2.45, 2.75) is 19.4 Å². The van der Waals surface area contributed by atoms with E-state index in [-0.39, 0.29) is 18.5 Å². The Kier molecular flexibility index (Phi) is 3.43. The van der Waals surface area contributed by atoms with Gasteiger partial charge in [0.2, 0.25) is 0 Å². The Morgan fingerprint density at radius 3 is 2.94 bits per heavy atom. The van der Waals surface area contributed by atoms with E-state index in [9.17, 15) is 9.59 Å². The van der Waals surface area contributed by atoms with Gasteiger partial charge in [-0.3, -0.25) is 9.69 Å². The van der Waals surface area contributed by atoms with Crippen molar-refractivity contribution in [1.82, 2.24) is 5.32 Å². The minimum absolute atomic E-state index is 0.0745. The molecule has 0 spiro atoms. The van der Waals surface area contributed by atoms with Crippen molar-refractivity contribution >= 4 is 29.3 Å². The fourth-order valence-corrected chi connectivity index (χ4v) is 2.28. The van der Waals surface area contributed by atoms with E-state index in [0.717, 1.165) is 11.3 Å². The van der Waals surface area contributed by atoms with Crippen LogP contribution < -0.4 is 10.2 Å². The van der Waals surface area contributed by atoms with E-state index in [2.05, 4.69) is 5.32 Å². The van der Waals surface area contributed by atoms with Crippen molar-refractivity contribution in [3.63, 3.8) is 0 Å². The minimum atomic E-state index is -0.921. The average Bonchev–Trinajstić information content (AvgIpc) is 2.58. The number of nitrogens with one attached hydrogen (secondary N) is 1. The number of aryl methyl sites for hydroxylation is 1. The summed E-state index contributed by atoms with van der Waals surface area (Å²) in [5.74, 6) is -0.921. The molecule has 6 heteroatoms. The summed E-state index contributed by atoms with van der Waals surface area (Å²) in [4.78, 5) is 24.0. The second-order valence-electron chi connectivity index (χ2n) is 4.29. The molecule has 18 heavy (non-hydrogen) atoms. The van der Waals surface area contributed by atoms with Gasteiger partial charge in [0.15, 0.2) is 0 Å². The van der Waals surface area contributed by atoms with Crippen molar-refractivity contribution in [1.29, 1.82) is 0 Å². The molecule has 1 aliphatic rings. The number of nitrogens with zero attached hydrogens (tertiary/aromatic N) is 1. The molecule has 1 fully saturated rings. The van der Waals surface area contributed by atoms with Crippen molar-refractivity contribution in [3.8, 4) is 0 Å². The summed E-state index contributed by atoms with van der Waals surface area (Å²) in [6.07, 6.45) is -0.0745. The number of carboxylic acids is 1. The third-order valence-corrected chi connectivity index (χ3v) is 3.08. The Balaban J connectivity index is 2.19. The van der Waals surface area contributed by atoms with Gasteiger partial charge in [-0.2, -0.15) is 0 Å². The first-order valence-corrected chi connectivity index (χ1v) is 5.91. The number of anilines is 1. The molecule has 5 nitrogen and oxygen atoms in total. The van der Waals surface area contributed by atoms with Gasteiger partial charge in [-0.25, -0.2) is 4.79 Å². The molecule has 2 rings (SSSR count). The van der Waals surface area contributed by atoms with E-state index in [1.165, 1.54) is 0 Å². The molecule has 0 saturated carbocycles. The molecule has 2 N–H and O–H groups in total. The molecular formula is C12H13ClN2O3. The summed E-state index contributed by atoms with van der Waals surface area (Å²) in [6.45, 7) is 2.21.